The number of thiazole rings is 1. The topological polar surface area (TPSA) is 65.9 Å². The first-order valence-electron chi connectivity index (χ1n) is 13.4. The number of rotatable bonds is 8. The second kappa shape index (κ2) is 11.7. The summed E-state index contributed by atoms with van der Waals surface area (Å²) in [5, 5.41) is 12.3. The van der Waals surface area contributed by atoms with E-state index in [0.717, 1.165) is 47.3 Å². The molecule has 0 radical (unpaired) electrons. The van der Waals surface area contributed by atoms with E-state index in [-0.39, 0.29) is 5.92 Å². The molecule has 3 aromatic rings. The smallest absolute Gasteiger partial charge is 0.306 e. The van der Waals surface area contributed by atoms with Crippen molar-refractivity contribution >= 4 is 22.4 Å². The van der Waals surface area contributed by atoms with Crippen LogP contribution in [0.25, 0.3) is 11.3 Å². The summed E-state index contributed by atoms with van der Waals surface area (Å²) in [6, 6.07) is 13.0. The van der Waals surface area contributed by atoms with Crippen LogP contribution in [0.15, 0.2) is 41.8 Å². The summed E-state index contributed by atoms with van der Waals surface area (Å²) in [5.41, 5.74) is 6.92. The molecule has 5 rings (SSSR count). The van der Waals surface area contributed by atoms with Crippen molar-refractivity contribution < 1.29 is 14.6 Å². The summed E-state index contributed by atoms with van der Waals surface area (Å²) in [6.45, 7) is 9.69. The molecule has 3 heterocycles. The summed E-state index contributed by atoms with van der Waals surface area (Å²) < 4.78 is 6.37. The monoisotopic (exact) mass is 519 g/mol. The highest BCUT2D eigenvalue weighted by Gasteiger charge is 2.26. The number of nitrogens with zero attached hydrogens (tertiary/aromatic N) is 3. The first-order chi connectivity index (χ1) is 18.0. The van der Waals surface area contributed by atoms with Crippen LogP contribution in [0, 0.1) is 19.8 Å². The molecule has 0 bridgehead atoms. The zero-order chi connectivity index (χ0) is 25.8. The third kappa shape index (κ3) is 6.33. The van der Waals surface area contributed by atoms with Crippen LogP contribution in [-0.4, -0.2) is 47.1 Å². The van der Waals surface area contributed by atoms with Crippen molar-refractivity contribution in [1.82, 2.24) is 9.88 Å². The average Bonchev–Trinajstić information content (AvgIpc) is 3.40. The van der Waals surface area contributed by atoms with E-state index in [1.165, 1.54) is 49.0 Å². The van der Waals surface area contributed by atoms with Gasteiger partial charge in [0.15, 0.2) is 5.13 Å². The second-order valence-corrected chi connectivity index (χ2v) is 11.3. The Hall–Kier alpha value is -2.90. The molecule has 2 aromatic carbocycles. The molecule has 0 atom stereocenters. The quantitative estimate of drug-likeness (QED) is 0.377. The van der Waals surface area contributed by atoms with E-state index in [1.54, 1.807) is 11.3 Å². The lowest BCUT2D eigenvalue weighted by Gasteiger charge is -2.29. The predicted octanol–water partition coefficient (Wildman–Crippen LogP) is 6.29. The summed E-state index contributed by atoms with van der Waals surface area (Å²) in [6.07, 6.45) is 5.32. The normalized spacial score (nSPS) is 17.2. The van der Waals surface area contributed by atoms with Gasteiger partial charge >= 0.3 is 5.97 Å². The molecule has 0 aliphatic carbocycles. The van der Waals surface area contributed by atoms with Gasteiger partial charge in [0.1, 0.15) is 12.4 Å². The van der Waals surface area contributed by atoms with Crippen molar-refractivity contribution in [2.45, 2.75) is 59.1 Å². The van der Waals surface area contributed by atoms with E-state index in [2.05, 4.69) is 59.4 Å². The number of carboxylic acid groups (broad SMARTS) is 1. The number of aryl methyl sites for hydroxylation is 2. The molecule has 0 unspecified atom stereocenters. The van der Waals surface area contributed by atoms with Crippen LogP contribution in [0.5, 0.6) is 5.75 Å². The lowest BCUT2D eigenvalue weighted by Crippen LogP contribution is -2.36. The molecule has 2 saturated heterocycles. The molecule has 2 aliphatic heterocycles. The average molecular weight is 520 g/mol. The van der Waals surface area contributed by atoms with E-state index in [1.807, 2.05) is 6.07 Å². The number of ether oxygens (including phenoxy) is 1. The van der Waals surface area contributed by atoms with E-state index in [4.69, 9.17) is 9.72 Å². The maximum Gasteiger partial charge on any atom is 0.306 e. The van der Waals surface area contributed by atoms with Gasteiger partial charge in [-0.25, -0.2) is 4.98 Å². The van der Waals surface area contributed by atoms with Crippen LogP contribution in [0.2, 0.25) is 0 Å². The Kier molecular flexibility index (Phi) is 8.11. The van der Waals surface area contributed by atoms with Crippen LogP contribution in [-0.2, 0) is 17.9 Å². The van der Waals surface area contributed by atoms with Crippen molar-refractivity contribution in [3.8, 4) is 17.0 Å². The number of hydrogen-bond donors (Lipinski definition) is 1. The Labute approximate surface area is 223 Å². The fraction of sp³-hybridized carbons (Fsp3) is 0.467. The van der Waals surface area contributed by atoms with Crippen LogP contribution in [0.1, 0.15) is 54.4 Å². The lowest BCUT2D eigenvalue weighted by molar-refractivity contribution is -0.142. The first-order valence-corrected chi connectivity index (χ1v) is 14.3. The lowest BCUT2D eigenvalue weighted by atomic mass is 9.97. The Morgan fingerprint density at radius 1 is 1.05 bits per heavy atom. The molecule has 0 saturated carbocycles. The molecule has 1 N–H and O–H groups in total. The van der Waals surface area contributed by atoms with Gasteiger partial charge in [-0.15, -0.1) is 11.3 Å². The minimum Gasteiger partial charge on any atom is -0.488 e. The van der Waals surface area contributed by atoms with Gasteiger partial charge in [-0.3, -0.25) is 9.69 Å². The Morgan fingerprint density at radius 3 is 2.57 bits per heavy atom. The number of aliphatic carboxylic acids is 1. The van der Waals surface area contributed by atoms with Gasteiger partial charge in [-0.05, 0) is 81.4 Å². The minimum absolute atomic E-state index is 0.241. The van der Waals surface area contributed by atoms with Gasteiger partial charge in [-0.1, -0.05) is 36.2 Å². The fourth-order valence-corrected chi connectivity index (χ4v) is 6.25. The minimum atomic E-state index is -0.687. The molecule has 1 aromatic heterocycles. The number of anilines is 1. The van der Waals surface area contributed by atoms with E-state index < -0.39 is 5.97 Å². The number of benzene rings is 2. The molecule has 0 amide bonds. The van der Waals surface area contributed by atoms with E-state index in [9.17, 15) is 9.90 Å². The van der Waals surface area contributed by atoms with Gasteiger partial charge in [0.2, 0.25) is 0 Å². The highest BCUT2D eigenvalue weighted by molar-refractivity contribution is 7.14. The Bertz CT molecular complexity index is 1230. The standard InChI is InChI=1S/C30H37N3O3S/c1-21-6-9-28(36-19-25-8-7-23(17-22(25)2)18-32-12-4-3-5-13-32)26(16-21)27-20-37-30(31-27)33-14-10-24(11-15-33)29(34)35/h6-9,16-17,20,24H,3-5,10-15,18-19H2,1-2H3,(H,34,35). The van der Waals surface area contributed by atoms with Crippen molar-refractivity contribution in [1.29, 1.82) is 0 Å². The molecular weight excluding hydrogens is 482 g/mol. The summed E-state index contributed by atoms with van der Waals surface area (Å²) in [5.74, 6) is -0.0912. The first kappa shape index (κ1) is 25.7. The molecule has 37 heavy (non-hydrogen) atoms. The SMILES string of the molecule is Cc1ccc(OCc2ccc(CN3CCCCC3)cc2C)c(-c2csc(N3CCC(C(=O)O)CC3)n2)c1. The molecule has 0 spiro atoms. The van der Waals surface area contributed by atoms with Crippen LogP contribution < -0.4 is 9.64 Å². The summed E-state index contributed by atoms with van der Waals surface area (Å²) in [7, 11) is 0. The van der Waals surface area contributed by atoms with Crippen molar-refractivity contribution in [3.05, 3.63) is 64.0 Å². The maximum absolute atomic E-state index is 11.3. The fourth-order valence-electron chi connectivity index (χ4n) is 5.37. The van der Waals surface area contributed by atoms with Crippen LogP contribution in [0.4, 0.5) is 5.13 Å². The van der Waals surface area contributed by atoms with Gasteiger partial charge in [0.05, 0.1) is 11.6 Å². The van der Waals surface area contributed by atoms with E-state index in [0.29, 0.717) is 19.4 Å². The maximum atomic E-state index is 11.3. The summed E-state index contributed by atoms with van der Waals surface area (Å²) in [4.78, 5) is 21.0. The zero-order valence-corrected chi connectivity index (χ0v) is 22.7. The van der Waals surface area contributed by atoms with Gasteiger partial charge in [0.25, 0.3) is 0 Å². The third-order valence-corrected chi connectivity index (χ3v) is 8.56. The number of carboxylic acids is 1. The van der Waals surface area contributed by atoms with Gasteiger partial charge in [-0.2, -0.15) is 0 Å². The largest absolute Gasteiger partial charge is 0.488 e. The molecule has 2 fully saturated rings. The summed E-state index contributed by atoms with van der Waals surface area (Å²) >= 11 is 1.62. The highest BCUT2D eigenvalue weighted by Crippen LogP contribution is 2.36. The second-order valence-electron chi connectivity index (χ2n) is 10.5. The molecule has 2 aliphatic rings. The Morgan fingerprint density at radius 2 is 1.84 bits per heavy atom. The Balaban J connectivity index is 1.26. The van der Waals surface area contributed by atoms with Crippen molar-refractivity contribution in [2.75, 3.05) is 31.1 Å². The number of hydrogen-bond acceptors (Lipinski definition) is 6. The zero-order valence-electron chi connectivity index (χ0n) is 21.9. The molecular formula is C30H37N3O3S. The predicted molar refractivity (Wildman–Crippen MR) is 149 cm³/mol. The van der Waals surface area contributed by atoms with E-state index >= 15 is 0 Å². The van der Waals surface area contributed by atoms with Crippen LogP contribution in [0.3, 0.4) is 0 Å². The number of piperidine rings is 2. The van der Waals surface area contributed by atoms with Crippen molar-refractivity contribution in [2.24, 2.45) is 5.92 Å². The van der Waals surface area contributed by atoms with Crippen molar-refractivity contribution in [3.63, 3.8) is 0 Å². The number of likely N-dealkylation sites (tertiary alicyclic amines) is 1. The van der Waals surface area contributed by atoms with Gasteiger partial charge < -0.3 is 14.7 Å². The third-order valence-electron chi connectivity index (χ3n) is 7.66. The molecule has 6 nitrogen and oxygen atoms in total. The molecule has 196 valence electrons. The van der Waals surface area contributed by atoms with Gasteiger partial charge in [0, 0.05) is 30.6 Å². The number of aromatic nitrogens is 1. The number of carbonyl (C=O) groups is 1. The molecule has 7 heteroatoms. The van der Waals surface area contributed by atoms with Crippen LogP contribution >= 0.6 is 11.3 Å². The highest BCUT2D eigenvalue weighted by atomic mass is 32.1.